The fourth-order valence-electron chi connectivity index (χ4n) is 2.71. The summed E-state index contributed by atoms with van der Waals surface area (Å²) < 4.78 is 0. The van der Waals surface area contributed by atoms with Gasteiger partial charge in [0.15, 0.2) is 0 Å². The molecule has 1 N–H and O–H groups in total. The van der Waals surface area contributed by atoms with Crippen LogP contribution in [-0.2, 0) is 11.3 Å². The van der Waals surface area contributed by atoms with E-state index in [4.69, 9.17) is 11.6 Å². The van der Waals surface area contributed by atoms with Gasteiger partial charge in [-0.25, -0.2) is 9.97 Å². The van der Waals surface area contributed by atoms with Crippen LogP contribution in [0.15, 0.2) is 73.2 Å². The molecular formula is C20H18ClN3O. The minimum atomic E-state index is -0.0506. The third-order valence-corrected chi connectivity index (χ3v) is 4.19. The molecule has 0 spiro atoms. The number of halogens is 1. The largest absolute Gasteiger partial charge is 0.350 e. The fourth-order valence-corrected chi connectivity index (χ4v) is 2.90. The van der Waals surface area contributed by atoms with Crippen molar-refractivity contribution in [3.63, 3.8) is 0 Å². The average Bonchev–Trinajstić information content (AvgIpc) is 2.66. The molecule has 4 nitrogen and oxygen atoms in total. The summed E-state index contributed by atoms with van der Waals surface area (Å²) in [5, 5.41) is 3.59. The van der Waals surface area contributed by atoms with Gasteiger partial charge in [0, 0.05) is 23.6 Å². The van der Waals surface area contributed by atoms with Gasteiger partial charge in [0.2, 0.25) is 5.91 Å². The van der Waals surface area contributed by atoms with E-state index in [1.807, 2.05) is 54.6 Å². The molecule has 2 aromatic carbocycles. The smallest absolute Gasteiger partial charge is 0.221 e. The molecule has 3 rings (SSSR count). The first-order chi connectivity index (χ1) is 12.2. The van der Waals surface area contributed by atoms with Crippen LogP contribution in [0.1, 0.15) is 29.2 Å². The first-order valence-electron chi connectivity index (χ1n) is 8.04. The minimum absolute atomic E-state index is 0.0348. The Hall–Kier alpha value is -2.72. The lowest BCUT2D eigenvalue weighted by molar-refractivity contribution is -0.121. The van der Waals surface area contributed by atoms with Crippen molar-refractivity contribution in [3.05, 3.63) is 95.0 Å². The number of nitrogens with one attached hydrogen (secondary N) is 1. The van der Waals surface area contributed by atoms with E-state index < -0.39 is 0 Å². The Balaban J connectivity index is 1.75. The number of hydrogen-bond acceptors (Lipinski definition) is 3. The number of aromatic nitrogens is 2. The third kappa shape index (κ3) is 4.88. The molecule has 1 aromatic heterocycles. The van der Waals surface area contributed by atoms with Crippen LogP contribution in [0.25, 0.3) is 0 Å². The third-order valence-electron chi connectivity index (χ3n) is 3.95. The number of hydrogen-bond donors (Lipinski definition) is 1. The lowest BCUT2D eigenvalue weighted by Gasteiger charge is -2.18. The van der Waals surface area contributed by atoms with Gasteiger partial charge < -0.3 is 5.32 Å². The predicted octanol–water partition coefficient (Wildman–Crippen LogP) is 3.97. The summed E-state index contributed by atoms with van der Waals surface area (Å²) in [5.41, 5.74) is 2.89. The summed E-state index contributed by atoms with van der Waals surface area (Å²) in [6, 6.07) is 19.4. The molecule has 126 valence electrons. The molecule has 0 fully saturated rings. The van der Waals surface area contributed by atoms with E-state index >= 15 is 0 Å². The molecular weight excluding hydrogens is 334 g/mol. The average molecular weight is 352 g/mol. The Kier molecular flexibility index (Phi) is 5.75. The number of amides is 1. The first-order valence-corrected chi connectivity index (χ1v) is 8.42. The van der Waals surface area contributed by atoms with Crippen molar-refractivity contribution in [2.75, 3.05) is 0 Å². The Morgan fingerprint density at radius 3 is 2.56 bits per heavy atom. The molecule has 3 aromatic rings. The molecule has 5 heteroatoms. The number of carbonyl (C=O) groups is 1. The van der Waals surface area contributed by atoms with Crippen molar-refractivity contribution >= 4 is 17.5 Å². The van der Waals surface area contributed by atoms with Gasteiger partial charge in [0.05, 0.1) is 12.2 Å². The monoisotopic (exact) mass is 351 g/mol. The van der Waals surface area contributed by atoms with Crippen LogP contribution >= 0.6 is 11.6 Å². The molecule has 0 aliphatic rings. The molecule has 0 radical (unpaired) electrons. The lowest BCUT2D eigenvalue weighted by Crippen LogP contribution is -2.25. The van der Waals surface area contributed by atoms with Gasteiger partial charge in [-0.2, -0.15) is 0 Å². The standard InChI is InChI=1S/C20H18ClN3O/c21-17-8-4-7-16(11-17)19(15-5-2-1-3-6-15)12-20(25)23-13-18-9-10-22-14-24-18/h1-11,14,19H,12-13H2,(H,23,25)/t19-/m1/s1. The molecule has 0 aliphatic heterocycles. The van der Waals surface area contributed by atoms with Crippen LogP contribution in [0.5, 0.6) is 0 Å². The van der Waals surface area contributed by atoms with Gasteiger partial charge in [0.25, 0.3) is 0 Å². The van der Waals surface area contributed by atoms with Crippen molar-refractivity contribution in [1.82, 2.24) is 15.3 Å². The summed E-state index contributed by atoms with van der Waals surface area (Å²) >= 11 is 6.14. The molecule has 0 unspecified atom stereocenters. The van der Waals surface area contributed by atoms with Crippen LogP contribution in [-0.4, -0.2) is 15.9 Å². The maximum Gasteiger partial charge on any atom is 0.221 e. The molecule has 0 saturated carbocycles. The predicted molar refractivity (Wildman–Crippen MR) is 98.2 cm³/mol. The van der Waals surface area contributed by atoms with Gasteiger partial charge in [-0.15, -0.1) is 0 Å². The fraction of sp³-hybridized carbons (Fsp3) is 0.150. The van der Waals surface area contributed by atoms with Crippen molar-refractivity contribution in [2.45, 2.75) is 18.9 Å². The molecule has 25 heavy (non-hydrogen) atoms. The van der Waals surface area contributed by atoms with Crippen molar-refractivity contribution in [1.29, 1.82) is 0 Å². The number of benzene rings is 2. The Labute approximate surface area is 151 Å². The van der Waals surface area contributed by atoms with E-state index in [0.29, 0.717) is 18.0 Å². The Bertz CT molecular complexity index is 825. The zero-order chi connectivity index (χ0) is 17.5. The number of carbonyl (C=O) groups excluding carboxylic acids is 1. The SMILES string of the molecule is O=C(C[C@H](c1ccccc1)c1cccc(Cl)c1)NCc1ccncn1. The highest BCUT2D eigenvalue weighted by molar-refractivity contribution is 6.30. The van der Waals surface area contributed by atoms with E-state index in [1.54, 1.807) is 12.3 Å². The molecule has 1 atom stereocenters. The van der Waals surface area contributed by atoms with E-state index in [1.165, 1.54) is 6.33 Å². The zero-order valence-electron chi connectivity index (χ0n) is 13.6. The number of nitrogens with zero attached hydrogens (tertiary/aromatic N) is 2. The molecule has 1 heterocycles. The second kappa shape index (κ2) is 8.40. The zero-order valence-corrected chi connectivity index (χ0v) is 14.4. The van der Waals surface area contributed by atoms with Crippen molar-refractivity contribution < 1.29 is 4.79 Å². The molecule has 1 amide bonds. The highest BCUT2D eigenvalue weighted by Gasteiger charge is 2.18. The van der Waals surface area contributed by atoms with Crippen LogP contribution in [0.4, 0.5) is 0 Å². The highest BCUT2D eigenvalue weighted by atomic mass is 35.5. The van der Waals surface area contributed by atoms with Gasteiger partial charge in [0.1, 0.15) is 6.33 Å². The Morgan fingerprint density at radius 1 is 1.04 bits per heavy atom. The summed E-state index contributed by atoms with van der Waals surface area (Å²) in [6.45, 7) is 0.387. The van der Waals surface area contributed by atoms with Crippen molar-refractivity contribution in [2.24, 2.45) is 0 Å². The topological polar surface area (TPSA) is 54.9 Å². The Morgan fingerprint density at radius 2 is 1.84 bits per heavy atom. The van der Waals surface area contributed by atoms with Crippen LogP contribution in [0, 0.1) is 0 Å². The maximum atomic E-state index is 12.5. The van der Waals surface area contributed by atoms with Gasteiger partial charge >= 0.3 is 0 Å². The van der Waals surface area contributed by atoms with E-state index in [2.05, 4.69) is 15.3 Å². The minimum Gasteiger partial charge on any atom is -0.350 e. The highest BCUT2D eigenvalue weighted by Crippen LogP contribution is 2.29. The summed E-state index contributed by atoms with van der Waals surface area (Å²) in [4.78, 5) is 20.5. The summed E-state index contributed by atoms with van der Waals surface area (Å²) in [6.07, 6.45) is 3.48. The van der Waals surface area contributed by atoms with Crippen molar-refractivity contribution in [3.8, 4) is 0 Å². The number of rotatable bonds is 6. The van der Waals surface area contributed by atoms with Gasteiger partial charge in [-0.3, -0.25) is 4.79 Å². The van der Waals surface area contributed by atoms with Crippen LogP contribution in [0.2, 0.25) is 5.02 Å². The van der Waals surface area contributed by atoms with E-state index in [-0.39, 0.29) is 11.8 Å². The molecule has 0 aliphatic carbocycles. The summed E-state index contributed by atoms with van der Waals surface area (Å²) in [5.74, 6) is -0.0854. The van der Waals surface area contributed by atoms with E-state index in [9.17, 15) is 4.79 Å². The quantitative estimate of drug-likeness (QED) is 0.731. The van der Waals surface area contributed by atoms with Crippen LogP contribution < -0.4 is 5.32 Å². The second-order valence-electron chi connectivity index (χ2n) is 5.70. The van der Waals surface area contributed by atoms with Gasteiger partial charge in [-0.1, -0.05) is 54.1 Å². The normalized spacial score (nSPS) is 11.7. The molecule has 0 saturated heterocycles. The van der Waals surface area contributed by atoms with Crippen LogP contribution in [0.3, 0.4) is 0 Å². The maximum absolute atomic E-state index is 12.5. The first kappa shape index (κ1) is 17.1. The molecule has 0 bridgehead atoms. The lowest BCUT2D eigenvalue weighted by atomic mass is 9.88. The van der Waals surface area contributed by atoms with Gasteiger partial charge in [-0.05, 0) is 29.3 Å². The second-order valence-corrected chi connectivity index (χ2v) is 6.14. The summed E-state index contributed by atoms with van der Waals surface area (Å²) in [7, 11) is 0. The van der Waals surface area contributed by atoms with E-state index in [0.717, 1.165) is 16.8 Å².